The molecular weight excluding hydrogens is 162 g/mol. The van der Waals surface area contributed by atoms with Crippen molar-refractivity contribution in [2.45, 2.75) is 25.8 Å². The Kier molecular flexibility index (Phi) is 4.16. The van der Waals surface area contributed by atoms with Gasteiger partial charge in [0.05, 0.1) is 6.26 Å². The van der Waals surface area contributed by atoms with Crippen molar-refractivity contribution in [2.24, 2.45) is 0 Å². The highest BCUT2D eigenvalue weighted by Gasteiger charge is 2.09. The van der Waals surface area contributed by atoms with Crippen LogP contribution in [0.15, 0.2) is 0 Å². The van der Waals surface area contributed by atoms with Crippen LogP contribution >= 0.6 is 0 Å². The molecule has 0 aliphatic rings. The van der Waals surface area contributed by atoms with E-state index in [0.29, 0.717) is 6.42 Å². The third-order valence-electron chi connectivity index (χ3n) is 1.24. The zero-order valence-electron chi connectivity index (χ0n) is 6.79. The molecular formula is C7H13NO2S. The van der Waals surface area contributed by atoms with Crippen molar-refractivity contribution in [1.29, 1.82) is 0 Å². The molecule has 4 heteroatoms. The summed E-state index contributed by atoms with van der Waals surface area (Å²) in [5.74, 6) is 2.41. The van der Waals surface area contributed by atoms with E-state index in [2.05, 4.69) is 10.6 Å². The van der Waals surface area contributed by atoms with Crippen LogP contribution in [0.2, 0.25) is 0 Å². The molecule has 11 heavy (non-hydrogen) atoms. The quantitative estimate of drug-likeness (QED) is 0.626. The van der Waals surface area contributed by atoms with Gasteiger partial charge in [0.1, 0.15) is 0 Å². The lowest BCUT2D eigenvalue weighted by Gasteiger charge is -2.11. The molecule has 3 nitrogen and oxygen atoms in total. The van der Waals surface area contributed by atoms with E-state index in [1.165, 1.54) is 0 Å². The van der Waals surface area contributed by atoms with Gasteiger partial charge in [-0.25, -0.2) is 13.1 Å². The predicted molar refractivity (Wildman–Crippen MR) is 45.5 cm³/mol. The van der Waals surface area contributed by atoms with E-state index >= 15 is 0 Å². The van der Waals surface area contributed by atoms with Crippen LogP contribution in [0.4, 0.5) is 0 Å². The smallest absolute Gasteiger partial charge is 0.208 e. The van der Waals surface area contributed by atoms with E-state index in [1.807, 2.05) is 6.92 Å². The summed E-state index contributed by atoms with van der Waals surface area (Å²) in [6, 6.07) is -0.116. The van der Waals surface area contributed by atoms with Gasteiger partial charge < -0.3 is 0 Å². The largest absolute Gasteiger partial charge is 0.213 e. The molecule has 0 aliphatic heterocycles. The van der Waals surface area contributed by atoms with Gasteiger partial charge in [-0.3, -0.25) is 0 Å². The second kappa shape index (κ2) is 4.37. The average molecular weight is 175 g/mol. The molecule has 0 saturated carbocycles. The second-order valence-corrected chi connectivity index (χ2v) is 4.18. The highest BCUT2D eigenvalue weighted by Crippen LogP contribution is 1.96. The molecule has 0 aromatic heterocycles. The van der Waals surface area contributed by atoms with Crippen LogP contribution in [0.25, 0.3) is 0 Å². The van der Waals surface area contributed by atoms with Crippen LogP contribution in [-0.4, -0.2) is 20.7 Å². The molecule has 0 fully saturated rings. The van der Waals surface area contributed by atoms with Crippen LogP contribution in [0.5, 0.6) is 0 Å². The second-order valence-electron chi connectivity index (χ2n) is 2.40. The normalized spacial score (nSPS) is 13.9. The summed E-state index contributed by atoms with van der Waals surface area (Å²) in [5, 5.41) is 0. The molecule has 1 atom stereocenters. The lowest BCUT2D eigenvalue weighted by atomic mass is 10.2. The van der Waals surface area contributed by atoms with Crippen LogP contribution < -0.4 is 4.72 Å². The molecule has 1 N–H and O–H groups in total. The summed E-state index contributed by atoms with van der Waals surface area (Å²) < 4.78 is 23.8. The summed E-state index contributed by atoms with van der Waals surface area (Å²) in [6.07, 6.45) is 7.34. The van der Waals surface area contributed by atoms with Crippen molar-refractivity contribution in [3.8, 4) is 12.3 Å². The average Bonchev–Trinajstić information content (AvgIpc) is 1.84. The highest BCUT2D eigenvalue weighted by atomic mass is 32.2. The minimum atomic E-state index is -3.10. The van der Waals surface area contributed by atoms with Crippen LogP contribution in [0.1, 0.15) is 19.8 Å². The molecule has 0 aromatic rings. The molecule has 0 saturated heterocycles. The first-order valence-corrected chi connectivity index (χ1v) is 5.29. The van der Waals surface area contributed by atoms with E-state index in [1.54, 1.807) is 0 Å². The highest BCUT2D eigenvalue weighted by molar-refractivity contribution is 7.88. The van der Waals surface area contributed by atoms with Crippen molar-refractivity contribution in [3.63, 3.8) is 0 Å². The standard InChI is InChI=1S/C7H13NO2S/c1-4-6-7(5-2)8-11(3,9)10/h1,7-8H,5-6H2,2-3H3. The molecule has 64 valence electrons. The van der Waals surface area contributed by atoms with Gasteiger partial charge in [-0.15, -0.1) is 12.3 Å². The van der Waals surface area contributed by atoms with Gasteiger partial charge in [0.2, 0.25) is 10.0 Å². The van der Waals surface area contributed by atoms with Gasteiger partial charge in [0.15, 0.2) is 0 Å². The van der Waals surface area contributed by atoms with E-state index in [4.69, 9.17) is 6.42 Å². The summed E-state index contributed by atoms with van der Waals surface area (Å²) in [5.41, 5.74) is 0. The fraction of sp³-hybridized carbons (Fsp3) is 0.714. The van der Waals surface area contributed by atoms with E-state index in [-0.39, 0.29) is 6.04 Å². The Balaban J connectivity index is 4.01. The zero-order chi connectivity index (χ0) is 8.91. The van der Waals surface area contributed by atoms with E-state index in [0.717, 1.165) is 12.7 Å². The van der Waals surface area contributed by atoms with Crippen molar-refractivity contribution >= 4 is 10.0 Å². The first kappa shape index (κ1) is 10.5. The van der Waals surface area contributed by atoms with Crippen LogP contribution in [-0.2, 0) is 10.0 Å². The van der Waals surface area contributed by atoms with Gasteiger partial charge in [0, 0.05) is 12.5 Å². The molecule has 0 spiro atoms. The third kappa shape index (κ3) is 5.89. The molecule has 0 rings (SSSR count). The number of hydrogen-bond acceptors (Lipinski definition) is 2. The Hall–Kier alpha value is -0.530. The number of rotatable bonds is 4. The zero-order valence-corrected chi connectivity index (χ0v) is 7.61. The molecule has 0 aliphatic carbocycles. The molecule has 0 bridgehead atoms. The minimum Gasteiger partial charge on any atom is -0.213 e. The van der Waals surface area contributed by atoms with Crippen molar-refractivity contribution < 1.29 is 8.42 Å². The Bertz CT molecular complexity index is 238. The minimum absolute atomic E-state index is 0.116. The predicted octanol–water partition coefficient (Wildman–Crippen LogP) is 0.337. The maximum absolute atomic E-state index is 10.7. The first-order valence-electron chi connectivity index (χ1n) is 3.40. The summed E-state index contributed by atoms with van der Waals surface area (Å²) in [7, 11) is -3.10. The van der Waals surface area contributed by atoms with Gasteiger partial charge >= 0.3 is 0 Å². The Labute approximate surface area is 68.2 Å². The topological polar surface area (TPSA) is 46.2 Å². The SMILES string of the molecule is C#CCC(CC)NS(C)(=O)=O. The third-order valence-corrected chi connectivity index (χ3v) is 2.00. The van der Waals surface area contributed by atoms with Gasteiger partial charge in [0.25, 0.3) is 0 Å². The first-order chi connectivity index (χ1) is 4.99. The lowest BCUT2D eigenvalue weighted by Crippen LogP contribution is -2.33. The number of terminal acetylenes is 1. The molecule has 0 radical (unpaired) electrons. The maximum atomic E-state index is 10.7. The van der Waals surface area contributed by atoms with Gasteiger partial charge in [-0.05, 0) is 6.42 Å². The van der Waals surface area contributed by atoms with E-state index < -0.39 is 10.0 Å². The van der Waals surface area contributed by atoms with Gasteiger partial charge in [-0.2, -0.15) is 0 Å². The Morgan fingerprint density at radius 3 is 2.45 bits per heavy atom. The summed E-state index contributed by atoms with van der Waals surface area (Å²) in [6.45, 7) is 1.89. The molecule has 0 aromatic carbocycles. The fourth-order valence-electron chi connectivity index (χ4n) is 0.714. The molecule has 1 unspecified atom stereocenters. The van der Waals surface area contributed by atoms with Crippen LogP contribution in [0, 0.1) is 12.3 Å². The summed E-state index contributed by atoms with van der Waals surface area (Å²) in [4.78, 5) is 0. The van der Waals surface area contributed by atoms with E-state index in [9.17, 15) is 8.42 Å². The number of hydrogen-bond donors (Lipinski definition) is 1. The maximum Gasteiger partial charge on any atom is 0.208 e. The summed E-state index contributed by atoms with van der Waals surface area (Å²) >= 11 is 0. The van der Waals surface area contributed by atoms with Crippen molar-refractivity contribution in [3.05, 3.63) is 0 Å². The Morgan fingerprint density at radius 2 is 2.18 bits per heavy atom. The fourth-order valence-corrected chi connectivity index (χ4v) is 1.57. The number of sulfonamides is 1. The number of nitrogens with one attached hydrogen (secondary N) is 1. The van der Waals surface area contributed by atoms with Gasteiger partial charge in [-0.1, -0.05) is 6.92 Å². The molecule has 0 amide bonds. The van der Waals surface area contributed by atoms with Crippen LogP contribution in [0.3, 0.4) is 0 Å². The lowest BCUT2D eigenvalue weighted by molar-refractivity contribution is 0.549. The Morgan fingerprint density at radius 1 is 1.64 bits per heavy atom. The van der Waals surface area contributed by atoms with Crippen molar-refractivity contribution in [2.75, 3.05) is 6.26 Å². The molecule has 0 heterocycles. The monoisotopic (exact) mass is 175 g/mol. The van der Waals surface area contributed by atoms with Crippen molar-refractivity contribution in [1.82, 2.24) is 4.72 Å².